The molecular weight excluding hydrogens is 433 g/mol. The molecular formula is C24H37CoNOSi2-. The Labute approximate surface area is 190 Å². The van der Waals surface area contributed by atoms with E-state index in [0.717, 1.165) is 25.1 Å². The minimum Gasteiger partial charge on any atom is -0.358 e. The SMILES string of the molecule is C[Si](C)(C)/C=C(/C=C1/CCCn2c1cccc2=O)[Si](C)(C)C.[CH3-].[CH]1C=CC=C1.[Co]. The van der Waals surface area contributed by atoms with E-state index in [1.54, 1.807) is 11.3 Å². The van der Waals surface area contributed by atoms with Crippen LogP contribution in [-0.2, 0) is 23.3 Å². The van der Waals surface area contributed by atoms with E-state index in [1.807, 2.05) is 41.4 Å². The van der Waals surface area contributed by atoms with Crippen LogP contribution in [0.4, 0.5) is 0 Å². The standard InChI is InChI=1S/C18H29NOSi2.C5H5.CH3.Co/c1-21(2,3)14-16(22(4,5)6)13-15-9-8-12-19-17(15)10-7-11-18(19)20;1-2-4-5-3-1;;/h7,10-11,13-14H,8-9,12H2,1-6H3;1-5H;1H3;/q;;-1;/b15-13-,16-14-;;;. The van der Waals surface area contributed by atoms with E-state index in [2.05, 4.69) is 57.1 Å². The number of rotatable bonds is 3. The van der Waals surface area contributed by atoms with Gasteiger partial charge in [0.15, 0.2) is 0 Å². The van der Waals surface area contributed by atoms with Crippen molar-refractivity contribution < 1.29 is 16.8 Å². The summed E-state index contributed by atoms with van der Waals surface area (Å²) in [6.45, 7) is 15.3. The zero-order chi connectivity index (χ0) is 20.1. The van der Waals surface area contributed by atoms with Gasteiger partial charge in [-0.05, 0) is 24.5 Å². The van der Waals surface area contributed by atoms with Gasteiger partial charge in [0.2, 0.25) is 0 Å². The third-order valence-electron chi connectivity index (χ3n) is 4.55. The first kappa shape index (κ1) is 27.9. The normalized spacial score (nSPS) is 17.0. The molecule has 1 aliphatic carbocycles. The largest absolute Gasteiger partial charge is 0.358 e. The van der Waals surface area contributed by atoms with Gasteiger partial charge in [-0.1, -0.05) is 86.6 Å². The molecule has 2 heterocycles. The molecule has 1 aliphatic heterocycles. The summed E-state index contributed by atoms with van der Waals surface area (Å²) in [5.74, 6) is 0. The number of aromatic nitrogens is 1. The van der Waals surface area contributed by atoms with Crippen LogP contribution in [0.2, 0.25) is 39.3 Å². The molecule has 1 aromatic rings. The minimum atomic E-state index is -1.38. The van der Waals surface area contributed by atoms with Gasteiger partial charge < -0.3 is 12.0 Å². The Morgan fingerprint density at radius 3 is 2.10 bits per heavy atom. The Bertz CT molecular complexity index is 824. The van der Waals surface area contributed by atoms with Crippen molar-refractivity contribution in [3.8, 4) is 0 Å². The molecule has 0 unspecified atom stereocenters. The van der Waals surface area contributed by atoms with Crippen LogP contribution in [0, 0.1) is 13.8 Å². The number of pyridine rings is 1. The molecule has 0 saturated carbocycles. The van der Waals surface area contributed by atoms with Gasteiger partial charge in [0, 0.05) is 41.5 Å². The van der Waals surface area contributed by atoms with Gasteiger partial charge in [0.25, 0.3) is 5.56 Å². The van der Waals surface area contributed by atoms with Crippen molar-refractivity contribution in [2.75, 3.05) is 0 Å². The molecule has 0 fully saturated rings. The van der Waals surface area contributed by atoms with Crippen molar-refractivity contribution in [1.82, 2.24) is 4.57 Å². The predicted octanol–water partition coefficient (Wildman–Crippen LogP) is 6.47. The molecule has 29 heavy (non-hydrogen) atoms. The maximum absolute atomic E-state index is 12.1. The van der Waals surface area contributed by atoms with Gasteiger partial charge >= 0.3 is 0 Å². The summed E-state index contributed by atoms with van der Waals surface area (Å²) < 4.78 is 1.94. The molecule has 0 N–H and O–H groups in total. The molecule has 2 aliphatic rings. The molecule has 0 atom stereocenters. The summed E-state index contributed by atoms with van der Waals surface area (Å²) in [6, 6.07) is 5.66. The van der Waals surface area contributed by atoms with Crippen molar-refractivity contribution in [3.63, 3.8) is 0 Å². The van der Waals surface area contributed by atoms with Crippen LogP contribution in [0.3, 0.4) is 0 Å². The van der Waals surface area contributed by atoms with Crippen molar-refractivity contribution in [1.29, 1.82) is 0 Å². The second-order valence-corrected chi connectivity index (χ2v) is 19.5. The molecule has 3 rings (SSSR count). The number of hydrogen-bond acceptors (Lipinski definition) is 1. The van der Waals surface area contributed by atoms with E-state index in [-0.39, 0.29) is 29.8 Å². The zero-order valence-electron chi connectivity index (χ0n) is 19.1. The van der Waals surface area contributed by atoms with Gasteiger partial charge in [-0.2, -0.15) is 0 Å². The van der Waals surface area contributed by atoms with Crippen molar-refractivity contribution in [3.05, 3.63) is 89.4 Å². The Morgan fingerprint density at radius 1 is 1.00 bits per heavy atom. The Balaban J connectivity index is 0.000000978. The first-order valence-corrected chi connectivity index (χ1v) is 17.0. The Morgan fingerprint density at radius 2 is 1.62 bits per heavy atom. The fraction of sp³-hybridized carbons (Fsp3) is 0.375. The van der Waals surface area contributed by atoms with E-state index < -0.39 is 16.1 Å². The van der Waals surface area contributed by atoms with Crippen LogP contribution in [0.1, 0.15) is 18.5 Å². The molecule has 0 spiro atoms. The van der Waals surface area contributed by atoms with E-state index in [9.17, 15) is 4.79 Å². The second kappa shape index (κ2) is 11.9. The van der Waals surface area contributed by atoms with E-state index in [1.165, 1.54) is 5.57 Å². The fourth-order valence-electron chi connectivity index (χ4n) is 3.18. The van der Waals surface area contributed by atoms with Crippen LogP contribution >= 0.6 is 0 Å². The van der Waals surface area contributed by atoms with Gasteiger partial charge in [0.1, 0.15) is 0 Å². The minimum absolute atomic E-state index is 0. The fourth-order valence-corrected chi connectivity index (χ4v) is 7.84. The topological polar surface area (TPSA) is 22.0 Å². The second-order valence-electron chi connectivity index (χ2n) is 9.35. The Hall–Kier alpha value is -1.15. The third-order valence-corrected chi connectivity index (χ3v) is 8.03. The molecule has 2 nitrogen and oxygen atoms in total. The molecule has 0 saturated heterocycles. The van der Waals surface area contributed by atoms with Crippen molar-refractivity contribution in [2.24, 2.45) is 0 Å². The summed E-state index contributed by atoms with van der Waals surface area (Å²) >= 11 is 0. The number of fused-ring (bicyclic) bond motifs is 1. The van der Waals surface area contributed by atoms with Crippen LogP contribution < -0.4 is 5.56 Å². The molecule has 0 bridgehead atoms. The first-order chi connectivity index (χ1) is 12.6. The molecule has 2 radical (unpaired) electrons. The molecule has 162 valence electrons. The van der Waals surface area contributed by atoms with E-state index in [4.69, 9.17) is 0 Å². The smallest absolute Gasteiger partial charge is 0.250 e. The zero-order valence-corrected chi connectivity index (χ0v) is 22.1. The van der Waals surface area contributed by atoms with Gasteiger partial charge in [-0.3, -0.25) is 4.79 Å². The summed E-state index contributed by atoms with van der Waals surface area (Å²) in [5.41, 5.74) is 5.16. The quantitative estimate of drug-likeness (QED) is 0.366. The number of allylic oxidation sites excluding steroid dienone is 7. The summed E-state index contributed by atoms with van der Waals surface area (Å²) in [5, 5.41) is 1.55. The maximum atomic E-state index is 12.1. The van der Waals surface area contributed by atoms with Crippen LogP contribution in [0.25, 0.3) is 5.57 Å². The van der Waals surface area contributed by atoms with Crippen LogP contribution in [-0.4, -0.2) is 20.7 Å². The van der Waals surface area contributed by atoms with Crippen molar-refractivity contribution in [2.45, 2.75) is 58.7 Å². The summed E-state index contributed by atoms with van der Waals surface area (Å²) in [7, 11) is -2.64. The monoisotopic (exact) mass is 470 g/mol. The van der Waals surface area contributed by atoms with E-state index >= 15 is 0 Å². The predicted molar refractivity (Wildman–Crippen MR) is 132 cm³/mol. The molecule has 1 aromatic heterocycles. The van der Waals surface area contributed by atoms with Crippen molar-refractivity contribution >= 4 is 21.7 Å². The number of hydrogen-bond donors (Lipinski definition) is 0. The molecule has 0 amide bonds. The average Bonchev–Trinajstić information content (AvgIpc) is 3.13. The Kier molecular flexibility index (Phi) is 11.4. The van der Waals surface area contributed by atoms with Crippen LogP contribution in [0.15, 0.2) is 64.3 Å². The summed E-state index contributed by atoms with van der Waals surface area (Å²) in [4.78, 5) is 12.1. The van der Waals surface area contributed by atoms with Gasteiger partial charge in [0.05, 0.1) is 16.1 Å². The molecule has 0 aromatic carbocycles. The van der Waals surface area contributed by atoms with Gasteiger partial charge in [-0.25, -0.2) is 0 Å². The first-order valence-electron chi connectivity index (χ1n) is 9.89. The number of nitrogens with zero attached hydrogens (tertiary/aromatic N) is 1. The third kappa shape index (κ3) is 9.03. The van der Waals surface area contributed by atoms with E-state index in [0.29, 0.717) is 0 Å². The molecule has 5 heteroatoms. The van der Waals surface area contributed by atoms with Crippen LogP contribution in [0.5, 0.6) is 0 Å². The summed E-state index contributed by atoms with van der Waals surface area (Å²) in [6.07, 6.45) is 14.6. The van der Waals surface area contributed by atoms with Gasteiger partial charge in [-0.15, -0.1) is 0 Å². The maximum Gasteiger partial charge on any atom is 0.250 e. The average molecular weight is 471 g/mol.